The minimum atomic E-state index is -1.41. The van der Waals surface area contributed by atoms with Crippen molar-refractivity contribution in [2.45, 2.75) is 38.9 Å². The number of para-hydroxylation sites is 1. The Hall–Kier alpha value is -2.80. The van der Waals surface area contributed by atoms with E-state index in [0.29, 0.717) is 12.0 Å². The topological polar surface area (TPSA) is 101 Å². The highest BCUT2D eigenvalue weighted by Crippen LogP contribution is 2.36. The molecule has 7 nitrogen and oxygen atoms in total. The molecule has 0 radical (unpaired) electrons. The first-order valence-corrected chi connectivity index (χ1v) is 8.16. The van der Waals surface area contributed by atoms with Crippen LogP contribution in [0, 0.1) is 0 Å². The lowest BCUT2D eigenvalue weighted by molar-refractivity contribution is -0.173. The molecule has 0 aliphatic carbocycles. The van der Waals surface area contributed by atoms with E-state index in [1.54, 1.807) is 20.0 Å². The zero-order chi connectivity index (χ0) is 18.0. The highest BCUT2D eigenvalue weighted by molar-refractivity contribution is 5.93. The van der Waals surface area contributed by atoms with Crippen LogP contribution in [0.15, 0.2) is 41.7 Å². The maximum absolute atomic E-state index is 12.7. The van der Waals surface area contributed by atoms with Crippen molar-refractivity contribution in [3.63, 3.8) is 0 Å². The largest absolute Gasteiger partial charge is 0.477 e. The number of fused-ring (bicyclic) bond motifs is 1. The highest BCUT2D eigenvalue weighted by atomic mass is 16.7. The number of ether oxygens (including phenoxy) is 1. The Kier molecular flexibility index (Phi) is 4.50. The van der Waals surface area contributed by atoms with Gasteiger partial charge < -0.3 is 14.8 Å². The van der Waals surface area contributed by atoms with Crippen LogP contribution < -0.4 is 5.48 Å². The Morgan fingerprint density at radius 2 is 2.04 bits per heavy atom. The smallest absolute Gasteiger partial charge is 0.354 e. The van der Waals surface area contributed by atoms with Gasteiger partial charge >= 0.3 is 11.9 Å². The van der Waals surface area contributed by atoms with Gasteiger partial charge in [-0.05, 0) is 18.9 Å². The van der Waals surface area contributed by atoms with Crippen molar-refractivity contribution in [1.29, 1.82) is 0 Å². The Labute approximate surface area is 144 Å². The normalized spacial score (nSPS) is 19.9. The summed E-state index contributed by atoms with van der Waals surface area (Å²) in [6.07, 6.45) is 2.43. The lowest BCUT2D eigenvalue weighted by atomic mass is 9.88. The molecule has 7 heteroatoms. The number of carboxylic acid groups (broad SMARTS) is 1. The summed E-state index contributed by atoms with van der Waals surface area (Å²) in [5, 5.41) is 10.2. The van der Waals surface area contributed by atoms with Crippen molar-refractivity contribution < 1.29 is 24.3 Å². The predicted molar refractivity (Wildman–Crippen MR) is 90.3 cm³/mol. The Morgan fingerprint density at radius 1 is 1.28 bits per heavy atom. The van der Waals surface area contributed by atoms with E-state index in [0.717, 1.165) is 16.5 Å². The molecule has 3 N–H and O–H groups in total. The standard InChI is InChI=1S/C18H20N2O5/c1-3-13-15(16(21)22)20-25-18(13,4-2)17(23)24-10-11-9-19-14-8-6-5-7-12(11)14/h5-9,19-20H,3-4,10H2,1-2H3,(H,21,22). The van der Waals surface area contributed by atoms with E-state index in [9.17, 15) is 14.7 Å². The number of aliphatic carboxylic acids is 1. The minimum absolute atomic E-state index is 0.0767. The number of aromatic amines is 1. The van der Waals surface area contributed by atoms with Crippen molar-refractivity contribution >= 4 is 22.8 Å². The minimum Gasteiger partial charge on any atom is -0.477 e. The quantitative estimate of drug-likeness (QED) is 0.697. The maximum atomic E-state index is 12.7. The zero-order valence-electron chi connectivity index (χ0n) is 14.1. The van der Waals surface area contributed by atoms with Crippen LogP contribution in [0.3, 0.4) is 0 Å². The Morgan fingerprint density at radius 3 is 2.72 bits per heavy atom. The van der Waals surface area contributed by atoms with Crippen LogP contribution in [0.5, 0.6) is 0 Å². The van der Waals surface area contributed by atoms with Crippen LogP contribution >= 0.6 is 0 Å². The summed E-state index contributed by atoms with van der Waals surface area (Å²) in [6.45, 7) is 3.62. The molecule has 0 spiro atoms. The van der Waals surface area contributed by atoms with Crippen LogP contribution in [0.2, 0.25) is 0 Å². The summed E-state index contributed by atoms with van der Waals surface area (Å²) < 4.78 is 5.48. The number of carboxylic acids is 1. The number of carbonyl (C=O) groups excluding carboxylic acids is 1. The molecule has 1 aromatic heterocycles. The number of hydroxylamine groups is 1. The molecular formula is C18H20N2O5. The first kappa shape index (κ1) is 17.0. The Bertz CT molecular complexity index is 854. The van der Waals surface area contributed by atoms with Crippen LogP contribution in [0.25, 0.3) is 10.9 Å². The maximum Gasteiger partial charge on any atom is 0.354 e. The van der Waals surface area contributed by atoms with E-state index in [4.69, 9.17) is 9.57 Å². The zero-order valence-corrected chi connectivity index (χ0v) is 14.1. The lowest BCUT2D eigenvalue weighted by Crippen LogP contribution is -2.42. The average Bonchev–Trinajstić information content (AvgIpc) is 3.21. The second-order valence-electron chi connectivity index (χ2n) is 5.83. The molecule has 1 aliphatic heterocycles. The molecule has 132 valence electrons. The van der Waals surface area contributed by atoms with Crippen molar-refractivity contribution in [2.24, 2.45) is 0 Å². The molecule has 0 saturated carbocycles. The van der Waals surface area contributed by atoms with Crippen molar-refractivity contribution in [1.82, 2.24) is 10.5 Å². The van der Waals surface area contributed by atoms with Gasteiger partial charge in [0, 0.05) is 28.2 Å². The first-order chi connectivity index (χ1) is 12.0. The fourth-order valence-corrected chi connectivity index (χ4v) is 3.20. The number of H-pyrrole nitrogens is 1. The van der Waals surface area contributed by atoms with Gasteiger partial charge in [-0.2, -0.15) is 0 Å². The summed E-state index contributed by atoms with van der Waals surface area (Å²) in [5.74, 6) is -1.75. The molecule has 2 heterocycles. The third-order valence-corrected chi connectivity index (χ3v) is 4.55. The van der Waals surface area contributed by atoms with Gasteiger partial charge in [-0.25, -0.2) is 9.59 Å². The predicted octanol–water partition coefficient (Wildman–Crippen LogP) is 2.64. The summed E-state index contributed by atoms with van der Waals surface area (Å²) in [6, 6.07) is 7.72. The van der Waals surface area contributed by atoms with Crippen molar-refractivity contribution in [3.8, 4) is 0 Å². The Balaban J connectivity index is 1.83. The molecule has 3 rings (SSSR count). The van der Waals surface area contributed by atoms with Crippen LogP contribution in [0.1, 0.15) is 32.3 Å². The molecule has 0 bridgehead atoms. The van der Waals surface area contributed by atoms with Crippen LogP contribution in [-0.2, 0) is 25.8 Å². The molecular weight excluding hydrogens is 324 g/mol. The SMILES string of the molecule is CCC1=C(C(=O)O)NOC1(CC)C(=O)OCc1c[nH]c2ccccc12. The van der Waals surface area contributed by atoms with E-state index in [2.05, 4.69) is 10.5 Å². The fraction of sp³-hybridized carbons (Fsp3) is 0.333. The third kappa shape index (κ3) is 2.76. The average molecular weight is 344 g/mol. The van der Waals surface area contributed by atoms with E-state index in [1.807, 2.05) is 24.3 Å². The van der Waals surface area contributed by atoms with Gasteiger partial charge in [0.2, 0.25) is 5.60 Å². The molecule has 2 aromatic rings. The lowest BCUT2D eigenvalue weighted by Gasteiger charge is -2.26. The molecule has 0 fully saturated rings. The number of benzene rings is 1. The highest BCUT2D eigenvalue weighted by Gasteiger charge is 2.50. The fourth-order valence-electron chi connectivity index (χ4n) is 3.20. The van der Waals surface area contributed by atoms with E-state index >= 15 is 0 Å². The number of aromatic nitrogens is 1. The number of esters is 1. The monoisotopic (exact) mass is 344 g/mol. The first-order valence-electron chi connectivity index (χ1n) is 8.16. The van der Waals surface area contributed by atoms with Gasteiger partial charge in [0.05, 0.1) is 0 Å². The number of hydrogen-bond donors (Lipinski definition) is 3. The van der Waals surface area contributed by atoms with Gasteiger partial charge in [-0.15, -0.1) is 0 Å². The second kappa shape index (κ2) is 6.60. The van der Waals surface area contributed by atoms with Crippen LogP contribution in [-0.4, -0.2) is 27.6 Å². The molecule has 0 saturated heterocycles. The van der Waals surface area contributed by atoms with Crippen molar-refractivity contribution in [2.75, 3.05) is 0 Å². The summed E-state index contributed by atoms with van der Waals surface area (Å²) in [7, 11) is 0. The number of rotatable bonds is 6. The van der Waals surface area contributed by atoms with Crippen LogP contribution in [0.4, 0.5) is 0 Å². The van der Waals surface area contributed by atoms with Gasteiger partial charge in [-0.1, -0.05) is 32.0 Å². The van der Waals surface area contributed by atoms with E-state index in [1.165, 1.54) is 0 Å². The third-order valence-electron chi connectivity index (χ3n) is 4.55. The van der Waals surface area contributed by atoms with Gasteiger partial charge in [0.15, 0.2) is 0 Å². The number of carbonyl (C=O) groups is 2. The van der Waals surface area contributed by atoms with Gasteiger partial charge in [-0.3, -0.25) is 10.3 Å². The number of hydrogen-bond acceptors (Lipinski definition) is 5. The van der Waals surface area contributed by atoms with Crippen molar-refractivity contribution in [3.05, 3.63) is 47.3 Å². The molecule has 1 unspecified atom stereocenters. The number of nitrogens with one attached hydrogen (secondary N) is 2. The molecule has 1 aromatic carbocycles. The van der Waals surface area contributed by atoms with Gasteiger partial charge in [0.25, 0.3) is 0 Å². The van der Waals surface area contributed by atoms with E-state index < -0.39 is 17.5 Å². The van der Waals surface area contributed by atoms with Gasteiger partial charge in [0.1, 0.15) is 12.3 Å². The molecule has 0 amide bonds. The summed E-state index contributed by atoms with van der Waals surface area (Å²) >= 11 is 0. The summed E-state index contributed by atoms with van der Waals surface area (Å²) in [5.41, 5.74) is 3.08. The molecule has 25 heavy (non-hydrogen) atoms. The second-order valence-corrected chi connectivity index (χ2v) is 5.83. The summed E-state index contributed by atoms with van der Waals surface area (Å²) in [4.78, 5) is 32.6. The molecule has 1 atom stereocenters. The molecule has 1 aliphatic rings. The van der Waals surface area contributed by atoms with E-state index in [-0.39, 0.29) is 18.7 Å².